The summed E-state index contributed by atoms with van der Waals surface area (Å²) in [6.07, 6.45) is 1.60. The molecule has 1 aliphatic rings. The summed E-state index contributed by atoms with van der Waals surface area (Å²) in [5, 5.41) is 4.91. The normalized spacial score (nSPS) is 15.4. The van der Waals surface area contributed by atoms with Crippen LogP contribution in [0.2, 0.25) is 0 Å². The van der Waals surface area contributed by atoms with Crippen molar-refractivity contribution in [1.82, 2.24) is 29.7 Å². The molecule has 1 N–H and O–H groups in total. The lowest BCUT2D eigenvalue weighted by molar-refractivity contribution is 0.366. The van der Waals surface area contributed by atoms with E-state index >= 15 is 0 Å². The van der Waals surface area contributed by atoms with Gasteiger partial charge in [-0.3, -0.25) is 9.78 Å². The Hall–Kier alpha value is -2.97. The van der Waals surface area contributed by atoms with Crippen LogP contribution in [0.4, 0.5) is 11.8 Å². The summed E-state index contributed by atoms with van der Waals surface area (Å²) in [5.41, 5.74) is 1.20. The fourth-order valence-electron chi connectivity index (χ4n) is 3.69. The molecule has 3 aromatic heterocycles. The van der Waals surface area contributed by atoms with Crippen molar-refractivity contribution in [3.63, 3.8) is 0 Å². The minimum atomic E-state index is -0.252. The topological polar surface area (TPSA) is 95.8 Å². The van der Waals surface area contributed by atoms with E-state index < -0.39 is 0 Å². The fraction of sp³-hybridized carbons (Fsp3) is 0.571. The van der Waals surface area contributed by atoms with Gasteiger partial charge in [-0.2, -0.15) is 10.1 Å². The molecular weight excluding hydrogens is 380 g/mol. The van der Waals surface area contributed by atoms with Gasteiger partial charge in [0.05, 0.1) is 11.7 Å². The van der Waals surface area contributed by atoms with Crippen molar-refractivity contribution >= 4 is 22.8 Å². The molecule has 9 heteroatoms. The van der Waals surface area contributed by atoms with Crippen LogP contribution in [0.3, 0.4) is 0 Å². The zero-order valence-electron chi connectivity index (χ0n) is 18.6. The van der Waals surface area contributed by atoms with Crippen molar-refractivity contribution < 1.29 is 0 Å². The summed E-state index contributed by atoms with van der Waals surface area (Å²) in [6, 6.07) is 2.04. The van der Waals surface area contributed by atoms with E-state index in [2.05, 4.69) is 59.5 Å². The molecule has 0 spiro atoms. The molecule has 0 unspecified atom stereocenters. The summed E-state index contributed by atoms with van der Waals surface area (Å²) in [6.45, 7) is 15.5. The molecule has 0 radical (unpaired) electrons. The van der Waals surface area contributed by atoms with Gasteiger partial charge in [-0.1, -0.05) is 13.8 Å². The second kappa shape index (κ2) is 7.37. The zero-order chi connectivity index (χ0) is 21.6. The van der Waals surface area contributed by atoms with Crippen LogP contribution in [-0.2, 0) is 5.54 Å². The van der Waals surface area contributed by atoms with Crippen LogP contribution >= 0.6 is 0 Å². The molecule has 3 aromatic rings. The summed E-state index contributed by atoms with van der Waals surface area (Å²) in [5.74, 6) is 2.73. The second-order valence-electron chi connectivity index (χ2n) is 9.21. The highest BCUT2D eigenvalue weighted by molar-refractivity contribution is 5.74. The lowest BCUT2D eigenvalue weighted by Gasteiger charge is -2.36. The van der Waals surface area contributed by atoms with E-state index in [9.17, 15) is 4.79 Å². The van der Waals surface area contributed by atoms with Crippen LogP contribution in [0.25, 0.3) is 11.0 Å². The first kappa shape index (κ1) is 20.3. The molecule has 0 atom stereocenters. The molecule has 9 nitrogen and oxygen atoms in total. The monoisotopic (exact) mass is 410 g/mol. The highest BCUT2D eigenvalue weighted by Gasteiger charge is 2.24. The summed E-state index contributed by atoms with van der Waals surface area (Å²) >= 11 is 0. The average molecular weight is 411 g/mol. The van der Waals surface area contributed by atoms with E-state index in [-0.39, 0.29) is 11.1 Å². The molecule has 30 heavy (non-hydrogen) atoms. The van der Waals surface area contributed by atoms with Crippen LogP contribution in [0.1, 0.15) is 52.1 Å². The molecule has 160 valence electrons. The maximum absolute atomic E-state index is 12.6. The fourth-order valence-corrected chi connectivity index (χ4v) is 3.69. The van der Waals surface area contributed by atoms with Gasteiger partial charge in [0, 0.05) is 43.9 Å². The van der Waals surface area contributed by atoms with Gasteiger partial charge in [0.2, 0.25) is 5.95 Å². The van der Waals surface area contributed by atoms with Gasteiger partial charge in [0.25, 0.3) is 5.56 Å². The molecule has 4 heterocycles. The quantitative estimate of drug-likeness (QED) is 0.708. The van der Waals surface area contributed by atoms with Crippen molar-refractivity contribution in [2.75, 3.05) is 36.0 Å². The number of hydrogen-bond acceptors (Lipinski definition) is 7. The summed E-state index contributed by atoms with van der Waals surface area (Å²) in [4.78, 5) is 34.0. The first-order valence-corrected chi connectivity index (χ1v) is 10.5. The Morgan fingerprint density at radius 1 is 1.03 bits per heavy atom. The van der Waals surface area contributed by atoms with Crippen LogP contribution in [-0.4, -0.2) is 55.9 Å². The number of nitrogens with zero attached hydrogens (tertiary/aromatic N) is 7. The molecule has 0 saturated carbocycles. The Bertz CT molecular complexity index is 1120. The maximum Gasteiger partial charge on any atom is 0.263 e. The molecule has 1 saturated heterocycles. The minimum absolute atomic E-state index is 0.152. The van der Waals surface area contributed by atoms with Gasteiger partial charge in [0.1, 0.15) is 17.0 Å². The molecule has 1 fully saturated rings. The number of hydrogen-bond donors (Lipinski definition) is 1. The van der Waals surface area contributed by atoms with Crippen molar-refractivity contribution in [3.8, 4) is 0 Å². The number of aromatic nitrogens is 6. The number of aromatic amines is 1. The smallest absolute Gasteiger partial charge is 0.263 e. The van der Waals surface area contributed by atoms with Crippen LogP contribution in [0.5, 0.6) is 0 Å². The van der Waals surface area contributed by atoms with Crippen molar-refractivity contribution in [2.45, 2.75) is 53.0 Å². The molecule has 4 rings (SSSR count). The Labute approximate surface area is 176 Å². The first-order valence-electron chi connectivity index (χ1n) is 10.5. The Morgan fingerprint density at radius 2 is 1.70 bits per heavy atom. The van der Waals surface area contributed by atoms with E-state index in [1.54, 1.807) is 6.20 Å². The lowest BCUT2D eigenvalue weighted by Crippen LogP contribution is -2.48. The number of anilines is 2. The predicted octanol–water partition coefficient (Wildman–Crippen LogP) is 2.42. The number of fused-ring (bicyclic) bond motifs is 1. The number of rotatable bonds is 3. The van der Waals surface area contributed by atoms with Crippen molar-refractivity contribution in [2.24, 2.45) is 0 Å². The summed E-state index contributed by atoms with van der Waals surface area (Å²) in [7, 11) is 0. The molecule has 0 aliphatic carbocycles. The third-order valence-corrected chi connectivity index (χ3v) is 5.34. The molecule has 0 aromatic carbocycles. The van der Waals surface area contributed by atoms with E-state index in [1.165, 1.54) is 0 Å². The minimum Gasteiger partial charge on any atom is -0.353 e. The van der Waals surface area contributed by atoms with Gasteiger partial charge in [-0.25, -0.2) is 14.6 Å². The SMILES string of the molecule is Cc1cc(N2CCN(c3nc4c(cnn4C(C)(C)C)c(=O)[nH]3)CC2)nc(C(C)C)n1. The third kappa shape index (κ3) is 3.76. The number of nitrogens with one attached hydrogen (secondary N) is 1. The number of H-pyrrole nitrogens is 1. The third-order valence-electron chi connectivity index (χ3n) is 5.34. The van der Waals surface area contributed by atoms with E-state index in [4.69, 9.17) is 9.97 Å². The van der Waals surface area contributed by atoms with Gasteiger partial charge in [0.15, 0.2) is 5.65 Å². The highest BCUT2D eigenvalue weighted by Crippen LogP contribution is 2.22. The maximum atomic E-state index is 12.6. The van der Waals surface area contributed by atoms with Crippen LogP contribution < -0.4 is 15.4 Å². The standard InChI is InChI=1S/C21H30N8O/c1-13(2)17-23-14(3)11-16(24-17)27-7-9-28(10-8-27)20-25-18-15(19(30)26-20)12-22-29(18)21(4,5)6/h11-13H,7-10H2,1-6H3,(H,25,26,30). The van der Waals surface area contributed by atoms with Crippen molar-refractivity contribution in [3.05, 3.63) is 34.1 Å². The number of piperazine rings is 1. The van der Waals surface area contributed by atoms with Gasteiger partial charge < -0.3 is 9.80 Å². The van der Waals surface area contributed by atoms with Gasteiger partial charge in [-0.05, 0) is 27.7 Å². The Balaban J connectivity index is 1.57. The zero-order valence-corrected chi connectivity index (χ0v) is 18.6. The van der Waals surface area contributed by atoms with Crippen molar-refractivity contribution in [1.29, 1.82) is 0 Å². The van der Waals surface area contributed by atoms with E-state index in [0.717, 1.165) is 43.5 Å². The van der Waals surface area contributed by atoms with Gasteiger partial charge in [-0.15, -0.1) is 0 Å². The molecule has 0 amide bonds. The molecule has 1 aliphatic heterocycles. The van der Waals surface area contributed by atoms with Crippen LogP contribution in [0, 0.1) is 6.92 Å². The first-order chi connectivity index (χ1) is 14.1. The lowest BCUT2D eigenvalue weighted by atomic mass is 10.1. The summed E-state index contributed by atoms with van der Waals surface area (Å²) < 4.78 is 1.81. The second-order valence-corrected chi connectivity index (χ2v) is 9.21. The van der Waals surface area contributed by atoms with Gasteiger partial charge >= 0.3 is 0 Å². The largest absolute Gasteiger partial charge is 0.353 e. The number of aryl methyl sites for hydroxylation is 1. The molecular formula is C21H30N8O. The Kier molecular flexibility index (Phi) is 4.99. The molecule has 0 bridgehead atoms. The average Bonchev–Trinajstić information content (AvgIpc) is 3.12. The van der Waals surface area contributed by atoms with E-state index in [1.807, 2.05) is 17.7 Å². The van der Waals surface area contributed by atoms with Crippen LogP contribution in [0.15, 0.2) is 17.1 Å². The van der Waals surface area contributed by atoms with E-state index in [0.29, 0.717) is 22.9 Å². The predicted molar refractivity (Wildman–Crippen MR) is 118 cm³/mol. The Morgan fingerprint density at radius 3 is 2.33 bits per heavy atom. The highest BCUT2D eigenvalue weighted by atomic mass is 16.1.